The number of halogens is 1. The molecular weight excluding hydrogens is 403 g/mol. The van der Waals surface area contributed by atoms with E-state index in [9.17, 15) is 4.79 Å². The quantitative estimate of drug-likeness (QED) is 0.601. The van der Waals surface area contributed by atoms with Crippen molar-refractivity contribution in [3.8, 4) is 0 Å². The molecule has 0 unspecified atom stereocenters. The van der Waals surface area contributed by atoms with Gasteiger partial charge in [0.25, 0.3) is 5.91 Å². The SMILES string of the molecule is O=C(c1cccc(I)c1)N1CCC[C@H]1c1nnc2ccccn12. The summed E-state index contributed by atoms with van der Waals surface area (Å²) in [7, 11) is 0. The van der Waals surface area contributed by atoms with Crippen molar-refractivity contribution in [2.75, 3.05) is 6.54 Å². The Morgan fingerprint density at radius 3 is 2.96 bits per heavy atom. The largest absolute Gasteiger partial charge is 0.328 e. The second-order valence-electron chi connectivity index (χ2n) is 5.65. The van der Waals surface area contributed by atoms with Crippen LogP contribution in [0.2, 0.25) is 0 Å². The second-order valence-corrected chi connectivity index (χ2v) is 6.90. The van der Waals surface area contributed by atoms with Crippen LogP contribution in [0.3, 0.4) is 0 Å². The molecule has 2 aromatic heterocycles. The van der Waals surface area contributed by atoms with Crippen LogP contribution in [-0.2, 0) is 0 Å². The summed E-state index contributed by atoms with van der Waals surface area (Å²) in [6.45, 7) is 0.761. The second kappa shape index (κ2) is 5.92. The van der Waals surface area contributed by atoms with Crippen molar-refractivity contribution in [1.29, 1.82) is 0 Å². The molecule has 0 aliphatic carbocycles. The van der Waals surface area contributed by atoms with Crippen molar-refractivity contribution in [1.82, 2.24) is 19.5 Å². The number of rotatable bonds is 2. The summed E-state index contributed by atoms with van der Waals surface area (Å²) >= 11 is 2.23. The predicted octanol–water partition coefficient (Wildman–Crippen LogP) is 3.31. The van der Waals surface area contributed by atoms with Crippen LogP contribution in [0.1, 0.15) is 35.1 Å². The van der Waals surface area contributed by atoms with E-state index < -0.39 is 0 Å². The Hall–Kier alpha value is -1.96. The first-order valence-electron chi connectivity index (χ1n) is 7.60. The van der Waals surface area contributed by atoms with Crippen molar-refractivity contribution in [2.24, 2.45) is 0 Å². The maximum absolute atomic E-state index is 12.9. The summed E-state index contributed by atoms with van der Waals surface area (Å²) < 4.78 is 3.04. The van der Waals surface area contributed by atoms with Gasteiger partial charge in [-0.05, 0) is 65.8 Å². The minimum atomic E-state index is -0.0160. The van der Waals surface area contributed by atoms with Crippen molar-refractivity contribution in [3.05, 3.63) is 63.6 Å². The van der Waals surface area contributed by atoms with Crippen LogP contribution in [0.4, 0.5) is 0 Å². The van der Waals surface area contributed by atoms with Gasteiger partial charge in [0.1, 0.15) is 0 Å². The summed E-state index contributed by atoms with van der Waals surface area (Å²) in [5.41, 5.74) is 1.55. The van der Waals surface area contributed by atoms with E-state index in [1.807, 2.05) is 58.0 Å². The molecule has 1 fully saturated rings. The molecule has 1 amide bonds. The molecule has 1 aliphatic heterocycles. The number of aromatic nitrogens is 3. The van der Waals surface area contributed by atoms with Crippen LogP contribution in [0, 0.1) is 3.57 Å². The fourth-order valence-electron chi connectivity index (χ4n) is 3.15. The summed E-state index contributed by atoms with van der Waals surface area (Å²) in [5.74, 6) is 0.913. The van der Waals surface area contributed by atoms with E-state index >= 15 is 0 Å². The third-order valence-electron chi connectivity index (χ3n) is 4.22. The van der Waals surface area contributed by atoms with Gasteiger partial charge in [0.15, 0.2) is 11.5 Å². The van der Waals surface area contributed by atoms with Crippen LogP contribution in [0.5, 0.6) is 0 Å². The molecule has 3 aromatic rings. The topological polar surface area (TPSA) is 50.5 Å². The number of hydrogen-bond donors (Lipinski definition) is 0. The van der Waals surface area contributed by atoms with Gasteiger partial charge in [-0.1, -0.05) is 12.1 Å². The highest BCUT2D eigenvalue weighted by Crippen LogP contribution is 2.32. The molecule has 6 heteroatoms. The van der Waals surface area contributed by atoms with Gasteiger partial charge in [0, 0.05) is 21.9 Å². The molecule has 23 heavy (non-hydrogen) atoms. The van der Waals surface area contributed by atoms with Gasteiger partial charge in [0.2, 0.25) is 0 Å². The van der Waals surface area contributed by atoms with E-state index in [0.29, 0.717) is 0 Å². The fourth-order valence-corrected chi connectivity index (χ4v) is 3.70. The third-order valence-corrected chi connectivity index (χ3v) is 4.89. The number of carbonyl (C=O) groups excluding carboxylic acids is 1. The Morgan fingerprint density at radius 1 is 1.17 bits per heavy atom. The molecule has 0 spiro atoms. The van der Waals surface area contributed by atoms with Gasteiger partial charge in [0.05, 0.1) is 6.04 Å². The molecule has 0 saturated carbocycles. The van der Waals surface area contributed by atoms with Crippen molar-refractivity contribution < 1.29 is 4.79 Å². The zero-order valence-electron chi connectivity index (χ0n) is 12.4. The van der Waals surface area contributed by atoms with E-state index in [0.717, 1.165) is 40.0 Å². The number of nitrogens with zero attached hydrogens (tertiary/aromatic N) is 4. The molecular formula is C17H15IN4O. The maximum atomic E-state index is 12.9. The molecule has 1 saturated heterocycles. The Bertz CT molecular complexity index is 876. The highest BCUT2D eigenvalue weighted by Gasteiger charge is 2.33. The third kappa shape index (κ3) is 2.60. The van der Waals surface area contributed by atoms with Crippen molar-refractivity contribution >= 4 is 34.1 Å². The van der Waals surface area contributed by atoms with E-state index in [1.165, 1.54) is 0 Å². The van der Waals surface area contributed by atoms with Gasteiger partial charge < -0.3 is 4.90 Å². The monoisotopic (exact) mass is 418 g/mol. The average Bonchev–Trinajstić information content (AvgIpc) is 3.20. The van der Waals surface area contributed by atoms with Crippen molar-refractivity contribution in [2.45, 2.75) is 18.9 Å². The number of amides is 1. The number of benzene rings is 1. The van der Waals surface area contributed by atoms with Gasteiger partial charge in [-0.3, -0.25) is 9.20 Å². The Balaban J connectivity index is 1.70. The Labute approximate surface area is 147 Å². The highest BCUT2D eigenvalue weighted by molar-refractivity contribution is 14.1. The van der Waals surface area contributed by atoms with Gasteiger partial charge in [-0.2, -0.15) is 0 Å². The zero-order chi connectivity index (χ0) is 15.8. The molecule has 1 atom stereocenters. The lowest BCUT2D eigenvalue weighted by molar-refractivity contribution is 0.0729. The number of carbonyl (C=O) groups is 1. The normalized spacial score (nSPS) is 17.8. The summed E-state index contributed by atoms with van der Waals surface area (Å²) in [6, 6.07) is 13.5. The molecule has 0 N–H and O–H groups in total. The summed E-state index contributed by atoms with van der Waals surface area (Å²) in [4.78, 5) is 14.8. The molecule has 5 nitrogen and oxygen atoms in total. The minimum absolute atomic E-state index is 0.0160. The first kappa shape index (κ1) is 14.6. The average molecular weight is 418 g/mol. The summed E-state index contributed by atoms with van der Waals surface area (Å²) in [6.07, 6.45) is 3.87. The smallest absolute Gasteiger partial charge is 0.254 e. The van der Waals surface area contributed by atoms with Gasteiger partial charge >= 0.3 is 0 Å². The van der Waals surface area contributed by atoms with Crippen LogP contribution in [-0.4, -0.2) is 31.9 Å². The molecule has 1 aliphatic rings. The number of pyridine rings is 1. The number of hydrogen-bond acceptors (Lipinski definition) is 3. The lowest BCUT2D eigenvalue weighted by Gasteiger charge is -2.23. The van der Waals surface area contributed by atoms with E-state index in [-0.39, 0.29) is 11.9 Å². The van der Waals surface area contributed by atoms with Crippen LogP contribution in [0.25, 0.3) is 5.65 Å². The van der Waals surface area contributed by atoms with Crippen LogP contribution in [0.15, 0.2) is 48.7 Å². The van der Waals surface area contributed by atoms with Crippen LogP contribution >= 0.6 is 22.6 Å². The highest BCUT2D eigenvalue weighted by atomic mass is 127. The lowest BCUT2D eigenvalue weighted by Crippen LogP contribution is -2.31. The van der Waals surface area contributed by atoms with Crippen LogP contribution < -0.4 is 0 Å². The summed E-state index contributed by atoms with van der Waals surface area (Å²) in [5, 5.41) is 8.56. The first-order valence-corrected chi connectivity index (χ1v) is 8.68. The molecule has 3 heterocycles. The molecule has 116 valence electrons. The molecule has 4 rings (SSSR count). The van der Waals surface area contributed by atoms with E-state index in [2.05, 4.69) is 32.8 Å². The maximum Gasteiger partial charge on any atom is 0.254 e. The standard InChI is InChI=1S/C17H15IN4O/c18-13-6-3-5-12(11-13)17(23)21-10-4-7-14(21)16-20-19-15-8-1-2-9-22(15)16/h1-3,5-6,8-9,11,14H,4,7,10H2/t14-/m0/s1. The van der Waals surface area contributed by atoms with E-state index in [1.54, 1.807) is 0 Å². The molecule has 1 aromatic carbocycles. The molecule has 0 radical (unpaired) electrons. The fraction of sp³-hybridized carbons (Fsp3) is 0.235. The van der Waals surface area contributed by atoms with Gasteiger partial charge in [-0.15, -0.1) is 10.2 Å². The lowest BCUT2D eigenvalue weighted by atomic mass is 10.1. The molecule has 0 bridgehead atoms. The zero-order valence-corrected chi connectivity index (χ0v) is 14.6. The predicted molar refractivity (Wildman–Crippen MR) is 95.2 cm³/mol. The van der Waals surface area contributed by atoms with Crippen molar-refractivity contribution in [3.63, 3.8) is 0 Å². The number of likely N-dealkylation sites (tertiary alicyclic amines) is 1. The Morgan fingerprint density at radius 2 is 2.09 bits per heavy atom. The van der Waals surface area contributed by atoms with E-state index in [4.69, 9.17) is 0 Å². The minimum Gasteiger partial charge on any atom is -0.328 e. The first-order chi connectivity index (χ1) is 11.2. The number of fused-ring (bicyclic) bond motifs is 1. The Kier molecular flexibility index (Phi) is 3.76. The van der Waals surface area contributed by atoms with Gasteiger partial charge in [-0.25, -0.2) is 0 Å².